The summed E-state index contributed by atoms with van der Waals surface area (Å²) in [6.45, 7) is 14.0. The van der Waals surface area contributed by atoms with E-state index in [-0.39, 0.29) is 23.9 Å². The number of rotatable bonds is 6. The van der Waals surface area contributed by atoms with Crippen LogP contribution >= 0.6 is 27.0 Å². The average molecular weight is 392 g/mol. The van der Waals surface area contributed by atoms with Gasteiger partial charge in [0.2, 0.25) is 0 Å². The van der Waals surface area contributed by atoms with E-state index in [1.807, 2.05) is 0 Å². The van der Waals surface area contributed by atoms with Gasteiger partial charge in [-0.05, 0) is 29.8 Å². The maximum absolute atomic E-state index is 4.81. The van der Waals surface area contributed by atoms with E-state index in [2.05, 4.69) is 53.7 Å². The van der Waals surface area contributed by atoms with Crippen LogP contribution in [0.15, 0.2) is 12.2 Å². The van der Waals surface area contributed by atoms with E-state index in [9.17, 15) is 0 Å². The zero-order valence-electron chi connectivity index (χ0n) is 11.8. The van der Waals surface area contributed by atoms with Crippen molar-refractivity contribution in [2.45, 2.75) is 59.3 Å². The van der Waals surface area contributed by atoms with Crippen LogP contribution in [0, 0.1) is 5.92 Å². The second kappa shape index (κ2) is 13.8. The molecule has 0 saturated heterocycles. The Balaban J connectivity index is 0. The van der Waals surface area contributed by atoms with Crippen LogP contribution in [0.25, 0.3) is 0 Å². The molecular formula is C13H27Cl2PPd. The van der Waals surface area contributed by atoms with Crippen molar-refractivity contribution in [3.05, 3.63) is 12.2 Å². The summed E-state index contributed by atoms with van der Waals surface area (Å²) in [5.41, 5.74) is 1.74. The summed E-state index contributed by atoms with van der Waals surface area (Å²) in [5.74, 6) is 0.801. The Kier molecular flexibility index (Phi) is 16.9. The molecule has 0 nitrogen and oxygen atoms in total. The van der Waals surface area contributed by atoms with Crippen molar-refractivity contribution in [1.82, 2.24) is 0 Å². The van der Waals surface area contributed by atoms with Crippen molar-refractivity contribution in [3.63, 3.8) is 0 Å². The maximum atomic E-state index is 4.81. The molecule has 0 aromatic heterocycles. The molecule has 0 aliphatic heterocycles. The molecule has 0 radical (unpaired) electrons. The molecule has 0 aliphatic carbocycles. The monoisotopic (exact) mass is 390 g/mol. The average Bonchev–Trinajstić information content (AvgIpc) is 2.16. The molecule has 0 rings (SSSR count). The molecule has 0 bridgehead atoms. The summed E-state index contributed by atoms with van der Waals surface area (Å²) in [6.07, 6.45) is 7.33. The summed E-state index contributed by atoms with van der Waals surface area (Å²) in [6, 6.07) is 0. The Morgan fingerprint density at radius 3 is 1.65 bits per heavy atom. The molecular weight excluding hydrogens is 364 g/mol. The van der Waals surface area contributed by atoms with Crippen molar-refractivity contribution in [1.29, 1.82) is 0 Å². The SMILES string of the molecule is CC(C)CC=CCP(C(C)C)C(C)C.[Cl][Pd][Cl]. The molecule has 0 saturated carbocycles. The van der Waals surface area contributed by atoms with Gasteiger partial charge in [-0.15, -0.1) is 0 Å². The van der Waals surface area contributed by atoms with Crippen LogP contribution in [0.3, 0.4) is 0 Å². The standard InChI is InChI=1S/C13H27P.2ClH.Pd/c1-11(2)9-7-8-10-14(12(3)4)13(5)6;;;/h7-8,11-13H,9-10H2,1-6H3;2*1H;/q;;;+2/p-2. The first kappa shape index (κ1) is 20.7. The predicted octanol–water partition coefficient (Wildman–Crippen LogP) is 6.26. The second-order valence-corrected chi connectivity index (χ2v) is 10.8. The van der Waals surface area contributed by atoms with Gasteiger partial charge in [-0.1, -0.05) is 61.6 Å². The first-order chi connectivity index (χ1) is 7.86. The Bertz CT molecular complexity index is 174. The van der Waals surface area contributed by atoms with Gasteiger partial charge in [0.15, 0.2) is 0 Å². The van der Waals surface area contributed by atoms with E-state index >= 15 is 0 Å². The van der Waals surface area contributed by atoms with E-state index in [1.54, 1.807) is 0 Å². The van der Waals surface area contributed by atoms with Crippen LogP contribution in [-0.2, 0) is 15.9 Å². The van der Waals surface area contributed by atoms with Gasteiger partial charge in [-0.25, -0.2) is 0 Å². The van der Waals surface area contributed by atoms with Gasteiger partial charge in [-0.2, -0.15) is 0 Å². The Morgan fingerprint density at radius 1 is 0.941 bits per heavy atom. The van der Waals surface area contributed by atoms with Gasteiger partial charge in [0.1, 0.15) is 0 Å². The van der Waals surface area contributed by atoms with E-state index in [0.29, 0.717) is 0 Å². The Labute approximate surface area is 126 Å². The van der Waals surface area contributed by atoms with Crippen molar-refractivity contribution in [2.24, 2.45) is 5.92 Å². The van der Waals surface area contributed by atoms with Crippen molar-refractivity contribution in [3.8, 4) is 0 Å². The summed E-state index contributed by atoms with van der Waals surface area (Å²) >= 11 is -0.106. The van der Waals surface area contributed by atoms with Gasteiger partial charge < -0.3 is 0 Å². The van der Waals surface area contributed by atoms with Crippen LogP contribution in [0.2, 0.25) is 0 Å². The molecule has 0 N–H and O–H groups in total. The summed E-state index contributed by atoms with van der Waals surface area (Å²) < 4.78 is 0. The molecule has 0 amide bonds. The summed E-state index contributed by atoms with van der Waals surface area (Å²) in [5, 5.41) is 0. The molecule has 0 unspecified atom stereocenters. The van der Waals surface area contributed by atoms with E-state index in [4.69, 9.17) is 19.1 Å². The fraction of sp³-hybridized carbons (Fsp3) is 0.846. The first-order valence-corrected chi connectivity index (χ1v) is 11.8. The fourth-order valence-electron chi connectivity index (χ4n) is 1.58. The van der Waals surface area contributed by atoms with Crippen molar-refractivity contribution < 1.29 is 15.9 Å². The van der Waals surface area contributed by atoms with E-state index < -0.39 is 0 Å². The van der Waals surface area contributed by atoms with E-state index in [1.165, 1.54) is 12.6 Å². The molecule has 0 aliphatic rings. The first-order valence-electron chi connectivity index (χ1n) is 6.09. The van der Waals surface area contributed by atoms with Crippen molar-refractivity contribution >= 4 is 27.0 Å². The normalized spacial score (nSPS) is 12.0. The molecule has 0 aromatic rings. The van der Waals surface area contributed by atoms with Gasteiger partial charge in [0.05, 0.1) is 0 Å². The zero-order chi connectivity index (χ0) is 13.8. The topological polar surface area (TPSA) is 0 Å². The van der Waals surface area contributed by atoms with Crippen LogP contribution < -0.4 is 0 Å². The Morgan fingerprint density at radius 2 is 1.35 bits per heavy atom. The predicted molar refractivity (Wildman–Crippen MR) is 82.4 cm³/mol. The second-order valence-electron chi connectivity index (χ2n) is 5.03. The van der Waals surface area contributed by atoms with Crippen molar-refractivity contribution in [2.75, 3.05) is 6.16 Å². The van der Waals surface area contributed by atoms with Gasteiger partial charge in [0, 0.05) is 0 Å². The number of hydrogen-bond donors (Lipinski definition) is 0. The van der Waals surface area contributed by atoms with E-state index in [0.717, 1.165) is 17.2 Å². The van der Waals surface area contributed by atoms with Crippen LogP contribution in [0.1, 0.15) is 48.0 Å². The molecule has 0 spiro atoms. The molecule has 0 atom stereocenters. The van der Waals surface area contributed by atoms with Gasteiger partial charge >= 0.3 is 35.0 Å². The Hall–Kier alpha value is 1.41. The third-order valence-corrected chi connectivity index (χ3v) is 5.70. The van der Waals surface area contributed by atoms with Crippen LogP contribution in [-0.4, -0.2) is 17.5 Å². The molecule has 17 heavy (non-hydrogen) atoms. The third kappa shape index (κ3) is 15.4. The quantitative estimate of drug-likeness (QED) is 0.285. The van der Waals surface area contributed by atoms with Gasteiger partial charge in [0.25, 0.3) is 0 Å². The van der Waals surface area contributed by atoms with Crippen LogP contribution in [0.4, 0.5) is 0 Å². The van der Waals surface area contributed by atoms with Gasteiger partial charge in [-0.3, -0.25) is 0 Å². The van der Waals surface area contributed by atoms with Crippen LogP contribution in [0.5, 0.6) is 0 Å². The molecule has 0 fully saturated rings. The number of allylic oxidation sites excluding steroid dienone is 2. The minimum atomic E-state index is -0.106. The molecule has 108 valence electrons. The molecule has 4 heteroatoms. The summed E-state index contributed by atoms with van der Waals surface area (Å²) in [4.78, 5) is 0. The molecule has 0 heterocycles. The minimum absolute atomic E-state index is 0.106. The summed E-state index contributed by atoms with van der Waals surface area (Å²) in [7, 11) is 9.83. The number of hydrogen-bond acceptors (Lipinski definition) is 0. The molecule has 0 aromatic carbocycles. The third-order valence-electron chi connectivity index (χ3n) is 2.42. The fourth-order valence-corrected chi connectivity index (χ4v) is 4.01. The number of halogens is 2. The zero-order valence-corrected chi connectivity index (χ0v) is 15.8.